The van der Waals surface area contributed by atoms with E-state index in [4.69, 9.17) is 9.72 Å². The Bertz CT molecular complexity index is 1170. The van der Waals surface area contributed by atoms with E-state index < -0.39 is 0 Å². The zero-order valence-corrected chi connectivity index (χ0v) is 17.8. The summed E-state index contributed by atoms with van der Waals surface area (Å²) < 4.78 is 7.33. The molecule has 1 heterocycles. The molecule has 4 aromatic rings. The molecule has 30 heavy (non-hydrogen) atoms. The molecule has 5 nitrogen and oxygen atoms in total. The number of aromatic nitrogens is 2. The predicted molar refractivity (Wildman–Crippen MR) is 122 cm³/mol. The number of methoxy groups -OCH3 is 1. The number of para-hydroxylation sites is 2. The van der Waals surface area contributed by atoms with Crippen LogP contribution in [-0.4, -0.2) is 28.3 Å². The van der Waals surface area contributed by atoms with Crippen molar-refractivity contribution in [2.45, 2.75) is 18.6 Å². The first kappa shape index (κ1) is 20.0. The molecule has 0 fully saturated rings. The normalized spacial score (nSPS) is 10.9. The summed E-state index contributed by atoms with van der Waals surface area (Å²) in [6, 6.07) is 23.8. The minimum Gasteiger partial charge on any atom is -0.497 e. The van der Waals surface area contributed by atoms with Gasteiger partial charge in [-0.1, -0.05) is 53.7 Å². The molecule has 0 saturated carbocycles. The lowest BCUT2D eigenvalue weighted by atomic mass is 10.1. The Balaban J connectivity index is 1.51. The highest BCUT2D eigenvalue weighted by molar-refractivity contribution is 7.99. The van der Waals surface area contributed by atoms with Crippen molar-refractivity contribution in [3.63, 3.8) is 0 Å². The molecule has 0 saturated heterocycles. The van der Waals surface area contributed by atoms with Crippen LogP contribution in [0.2, 0.25) is 0 Å². The van der Waals surface area contributed by atoms with Crippen molar-refractivity contribution < 1.29 is 9.53 Å². The van der Waals surface area contributed by atoms with Gasteiger partial charge in [0.1, 0.15) is 5.75 Å². The van der Waals surface area contributed by atoms with Crippen LogP contribution < -0.4 is 10.1 Å². The second-order valence-corrected chi connectivity index (χ2v) is 7.97. The van der Waals surface area contributed by atoms with Gasteiger partial charge in [0.05, 0.1) is 30.4 Å². The number of anilines is 1. The Kier molecular flexibility index (Phi) is 6.05. The molecule has 1 amide bonds. The average molecular weight is 418 g/mol. The Morgan fingerprint density at radius 3 is 2.63 bits per heavy atom. The van der Waals surface area contributed by atoms with Crippen LogP contribution in [-0.2, 0) is 11.3 Å². The summed E-state index contributed by atoms with van der Waals surface area (Å²) in [4.78, 5) is 17.2. The molecule has 0 aliphatic carbocycles. The minimum atomic E-state index is -0.0701. The molecule has 0 spiro atoms. The van der Waals surface area contributed by atoms with Gasteiger partial charge in [-0.05, 0) is 48.9 Å². The van der Waals surface area contributed by atoms with Gasteiger partial charge in [0, 0.05) is 5.69 Å². The van der Waals surface area contributed by atoms with E-state index in [-0.39, 0.29) is 11.7 Å². The van der Waals surface area contributed by atoms with Crippen LogP contribution in [0.15, 0.2) is 78.0 Å². The van der Waals surface area contributed by atoms with Crippen LogP contribution in [0.1, 0.15) is 11.1 Å². The molecular formula is C24H23N3O2S. The number of nitrogens with one attached hydrogen (secondary N) is 1. The Morgan fingerprint density at radius 2 is 1.87 bits per heavy atom. The van der Waals surface area contributed by atoms with Crippen molar-refractivity contribution in [1.29, 1.82) is 0 Å². The van der Waals surface area contributed by atoms with Crippen molar-refractivity contribution in [3.8, 4) is 5.75 Å². The third-order valence-corrected chi connectivity index (χ3v) is 5.73. The van der Waals surface area contributed by atoms with Crippen molar-refractivity contribution in [2.75, 3.05) is 18.2 Å². The molecular weight excluding hydrogens is 394 g/mol. The number of fused-ring (bicyclic) bond motifs is 1. The summed E-state index contributed by atoms with van der Waals surface area (Å²) in [5.74, 6) is 0.968. The van der Waals surface area contributed by atoms with Crippen molar-refractivity contribution in [3.05, 3.63) is 83.9 Å². The van der Waals surface area contributed by atoms with Gasteiger partial charge >= 0.3 is 0 Å². The maximum atomic E-state index is 12.5. The van der Waals surface area contributed by atoms with E-state index in [0.717, 1.165) is 27.6 Å². The van der Waals surface area contributed by atoms with Gasteiger partial charge in [-0.3, -0.25) is 4.79 Å². The number of ether oxygens (including phenoxy) is 1. The fourth-order valence-corrected chi connectivity index (χ4v) is 4.12. The fraction of sp³-hybridized carbons (Fsp3) is 0.167. The van der Waals surface area contributed by atoms with Crippen LogP contribution >= 0.6 is 11.8 Å². The molecule has 4 rings (SSSR count). The average Bonchev–Trinajstić information content (AvgIpc) is 3.10. The third-order valence-electron chi connectivity index (χ3n) is 4.75. The molecule has 0 unspecified atom stereocenters. The number of carbonyl (C=O) groups is 1. The van der Waals surface area contributed by atoms with Gasteiger partial charge in [0.2, 0.25) is 5.91 Å². The van der Waals surface area contributed by atoms with Crippen LogP contribution in [0.5, 0.6) is 5.75 Å². The molecule has 3 aromatic carbocycles. The smallest absolute Gasteiger partial charge is 0.234 e. The number of carbonyl (C=O) groups excluding carboxylic acids is 1. The highest BCUT2D eigenvalue weighted by atomic mass is 32.2. The van der Waals surface area contributed by atoms with Crippen molar-refractivity contribution in [1.82, 2.24) is 9.55 Å². The number of thioether (sulfide) groups is 1. The molecule has 0 aliphatic heterocycles. The van der Waals surface area contributed by atoms with Gasteiger partial charge in [0.25, 0.3) is 0 Å². The number of hydrogen-bond acceptors (Lipinski definition) is 4. The van der Waals surface area contributed by atoms with E-state index in [0.29, 0.717) is 6.54 Å². The van der Waals surface area contributed by atoms with Crippen LogP contribution in [0.4, 0.5) is 5.69 Å². The number of aryl methyl sites for hydroxylation is 1. The summed E-state index contributed by atoms with van der Waals surface area (Å²) in [6.07, 6.45) is 0. The lowest BCUT2D eigenvalue weighted by Crippen LogP contribution is -2.14. The highest BCUT2D eigenvalue weighted by Crippen LogP contribution is 2.26. The van der Waals surface area contributed by atoms with E-state index in [2.05, 4.69) is 47.1 Å². The lowest BCUT2D eigenvalue weighted by Gasteiger charge is -2.10. The minimum absolute atomic E-state index is 0.0701. The lowest BCUT2D eigenvalue weighted by molar-refractivity contribution is -0.113. The largest absolute Gasteiger partial charge is 0.497 e. The number of amides is 1. The topological polar surface area (TPSA) is 56.1 Å². The summed E-state index contributed by atoms with van der Waals surface area (Å²) in [5.41, 5.74) is 5.18. The summed E-state index contributed by atoms with van der Waals surface area (Å²) >= 11 is 1.45. The maximum absolute atomic E-state index is 12.5. The molecule has 0 radical (unpaired) electrons. The predicted octanol–water partition coefficient (Wildman–Crippen LogP) is 5.13. The molecule has 0 bridgehead atoms. The monoisotopic (exact) mass is 417 g/mol. The summed E-state index contributed by atoms with van der Waals surface area (Å²) in [7, 11) is 1.62. The van der Waals surface area contributed by atoms with Crippen LogP contribution in [0.3, 0.4) is 0 Å². The highest BCUT2D eigenvalue weighted by Gasteiger charge is 2.13. The van der Waals surface area contributed by atoms with Crippen molar-refractivity contribution in [2.24, 2.45) is 0 Å². The maximum Gasteiger partial charge on any atom is 0.234 e. The summed E-state index contributed by atoms with van der Waals surface area (Å²) in [6.45, 7) is 2.80. The zero-order chi connectivity index (χ0) is 20.9. The van der Waals surface area contributed by atoms with Gasteiger partial charge in [0.15, 0.2) is 5.16 Å². The molecule has 0 atom stereocenters. The standard InChI is InChI=1S/C24H23N3O2S/c1-17-6-5-7-18(14-17)15-27-22-9-4-3-8-21(22)26-24(27)30-16-23(28)25-19-10-12-20(29-2)13-11-19/h3-14H,15-16H2,1-2H3,(H,25,28). The zero-order valence-electron chi connectivity index (χ0n) is 17.0. The third kappa shape index (κ3) is 4.66. The number of nitrogens with zero attached hydrogens (tertiary/aromatic N) is 2. The van der Waals surface area contributed by atoms with Crippen LogP contribution in [0.25, 0.3) is 11.0 Å². The molecule has 1 aromatic heterocycles. The first-order chi connectivity index (χ1) is 14.6. The molecule has 1 N–H and O–H groups in total. The van der Waals surface area contributed by atoms with Gasteiger partial charge < -0.3 is 14.6 Å². The van der Waals surface area contributed by atoms with E-state index in [1.807, 2.05) is 42.5 Å². The molecule has 6 heteroatoms. The van der Waals surface area contributed by atoms with E-state index in [1.165, 1.54) is 22.9 Å². The Morgan fingerprint density at radius 1 is 1.07 bits per heavy atom. The van der Waals surface area contributed by atoms with E-state index in [1.54, 1.807) is 7.11 Å². The quantitative estimate of drug-likeness (QED) is 0.424. The second kappa shape index (κ2) is 9.05. The second-order valence-electron chi connectivity index (χ2n) is 7.02. The van der Waals surface area contributed by atoms with Crippen LogP contribution in [0, 0.1) is 6.92 Å². The first-order valence-corrected chi connectivity index (χ1v) is 10.7. The number of benzene rings is 3. The fourth-order valence-electron chi connectivity index (χ4n) is 3.31. The number of rotatable bonds is 7. The molecule has 0 aliphatic rings. The Labute approximate surface area is 180 Å². The van der Waals surface area contributed by atoms with Gasteiger partial charge in [-0.25, -0.2) is 4.98 Å². The van der Waals surface area contributed by atoms with Gasteiger partial charge in [-0.15, -0.1) is 0 Å². The molecule has 152 valence electrons. The van der Waals surface area contributed by atoms with E-state index >= 15 is 0 Å². The SMILES string of the molecule is COc1ccc(NC(=O)CSc2nc3ccccc3n2Cc2cccc(C)c2)cc1. The Hall–Kier alpha value is -3.25. The first-order valence-electron chi connectivity index (χ1n) is 9.70. The number of hydrogen-bond donors (Lipinski definition) is 1. The summed E-state index contributed by atoms with van der Waals surface area (Å²) in [5, 5.41) is 3.76. The van der Waals surface area contributed by atoms with Gasteiger partial charge in [-0.2, -0.15) is 0 Å². The van der Waals surface area contributed by atoms with Crippen molar-refractivity contribution >= 4 is 34.4 Å². The number of imidazole rings is 1. The van der Waals surface area contributed by atoms with E-state index in [9.17, 15) is 4.79 Å².